The number of pyridine rings is 1. The topological polar surface area (TPSA) is 82.5 Å². The van der Waals surface area contributed by atoms with Crippen molar-refractivity contribution in [2.75, 3.05) is 0 Å². The van der Waals surface area contributed by atoms with Crippen LogP contribution in [0.15, 0.2) is 45.4 Å². The first-order valence-electron chi connectivity index (χ1n) is 7.53. The molecule has 0 atom stereocenters. The van der Waals surface area contributed by atoms with Crippen LogP contribution in [0.25, 0.3) is 22.2 Å². The van der Waals surface area contributed by atoms with Crippen LogP contribution in [0.3, 0.4) is 0 Å². The Morgan fingerprint density at radius 1 is 1.16 bits per heavy atom. The highest BCUT2D eigenvalue weighted by Crippen LogP contribution is 2.27. The van der Waals surface area contributed by atoms with Crippen LogP contribution < -0.4 is 0 Å². The third-order valence-electron chi connectivity index (χ3n) is 3.49. The predicted octanol–water partition coefficient (Wildman–Crippen LogP) is 3.59. The van der Waals surface area contributed by atoms with Gasteiger partial charge in [-0.1, -0.05) is 29.1 Å². The van der Waals surface area contributed by atoms with Gasteiger partial charge in [0.2, 0.25) is 11.7 Å². The molecule has 9 heteroatoms. The lowest BCUT2D eigenvalue weighted by Crippen LogP contribution is -1.94. The highest BCUT2D eigenvalue weighted by Gasteiger charge is 2.15. The van der Waals surface area contributed by atoms with E-state index >= 15 is 0 Å². The molecule has 25 heavy (non-hydrogen) atoms. The molecule has 0 saturated heterocycles. The molecule has 7 nitrogen and oxygen atoms in total. The third kappa shape index (κ3) is 3.33. The van der Waals surface area contributed by atoms with E-state index in [2.05, 4.69) is 25.3 Å². The van der Waals surface area contributed by atoms with Gasteiger partial charge in [0.25, 0.3) is 0 Å². The van der Waals surface area contributed by atoms with E-state index in [1.165, 1.54) is 11.8 Å². The fraction of sp³-hybridized carbons (Fsp3) is 0.188. The van der Waals surface area contributed by atoms with E-state index in [0.717, 1.165) is 21.6 Å². The van der Waals surface area contributed by atoms with E-state index in [4.69, 9.17) is 4.52 Å². The standard InChI is InChI=1S/C16H14N6OS2/c1-10-5-3-6-11(17-10)14-18-13(23-21-14)9-25-16-20-19-15(22(16)2)12-7-4-8-24-12/h3-8H,9H2,1-2H3. The lowest BCUT2D eigenvalue weighted by atomic mass is 10.3. The van der Waals surface area contributed by atoms with E-state index in [1.807, 2.05) is 54.3 Å². The highest BCUT2D eigenvalue weighted by molar-refractivity contribution is 7.98. The van der Waals surface area contributed by atoms with Gasteiger partial charge in [-0.2, -0.15) is 4.98 Å². The van der Waals surface area contributed by atoms with Crippen LogP contribution in [0.2, 0.25) is 0 Å². The number of aryl methyl sites for hydroxylation is 1. The molecule has 0 bridgehead atoms. The Balaban J connectivity index is 1.48. The van der Waals surface area contributed by atoms with Crippen molar-refractivity contribution < 1.29 is 4.52 Å². The molecule has 4 aromatic rings. The zero-order valence-electron chi connectivity index (χ0n) is 13.6. The third-order valence-corrected chi connectivity index (χ3v) is 5.36. The second-order valence-corrected chi connectivity index (χ2v) is 7.20. The number of aromatic nitrogens is 6. The Morgan fingerprint density at radius 3 is 2.88 bits per heavy atom. The Hall–Kier alpha value is -2.52. The van der Waals surface area contributed by atoms with Crippen LogP contribution >= 0.6 is 23.1 Å². The summed E-state index contributed by atoms with van der Waals surface area (Å²) < 4.78 is 7.29. The number of hydrogen-bond acceptors (Lipinski definition) is 8. The van der Waals surface area contributed by atoms with Gasteiger partial charge in [-0.15, -0.1) is 21.5 Å². The molecule has 0 aliphatic carbocycles. The van der Waals surface area contributed by atoms with Crippen LogP contribution in [-0.2, 0) is 12.8 Å². The van der Waals surface area contributed by atoms with Crippen molar-refractivity contribution in [2.24, 2.45) is 7.05 Å². The van der Waals surface area contributed by atoms with Gasteiger partial charge >= 0.3 is 0 Å². The molecule has 0 aromatic carbocycles. The molecule has 0 N–H and O–H groups in total. The number of thioether (sulfide) groups is 1. The summed E-state index contributed by atoms with van der Waals surface area (Å²) in [6.07, 6.45) is 0. The molecule has 0 saturated carbocycles. The molecule has 0 spiro atoms. The first-order chi connectivity index (χ1) is 12.2. The number of thiophene rings is 1. The summed E-state index contributed by atoms with van der Waals surface area (Å²) in [6.45, 7) is 1.93. The maximum Gasteiger partial charge on any atom is 0.237 e. The molecule has 0 fully saturated rings. The van der Waals surface area contributed by atoms with Crippen LogP contribution in [0.4, 0.5) is 0 Å². The summed E-state index contributed by atoms with van der Waals surface area (Å²) in [5.74, 6) is 2.41. The molecule has 0 aliphatic heterocycles. The quantitative estimate of drug-likeness (QED) is 0.496. The van der Waals surface area contributed by atoms with Gasteiger partial charge < -0.3 is 9.09 Å². The molecule has 4 aromatic heterocycles. The SMILES string of the molecule is Cc1cccc(-c2noc(CSc3nnc(-c4cccs4)n3C)n2)n1. The van der Waals surface area contributed by atoms with Crippen LogP contribution in [0.1, 0.15) is 11.6 Å². The fourth-order valence-electron chi connectivity index (χ4n) is 2.27. The van der Waals surface area contributed by atoms with Crippen molar-refractivity contribution in [1.82, 2.24) is 29.9 Å². The normalized spacial score (nSPS) is 11.1. The zero-order valence-corrected chi connectivity index (χ0v) is 15.2. The van der Waals surface area contributed by atoms with Gasteiger partial charge in [-0.25, -0.2) is 4.98 Å². The fourth-order valence-corrected chi connectivity index (χ4v) is 3.76. The number of rotatable bonds is 5. The molecular weight excluding hydrogens is 356 g/mol. The van der Waals surface area contributed by atoms with Crippen molar-refractivity contribution in [3.8, 4) is 22.2 Å². The second kappa shape index (κ2) is 6.77. The highest BCUT2D eigenvalue weighted by atomic mass is 32.2. The molecule has 0 unspecified atom stereocenters. The smallest absolute Gasteiger partial charge is 0.237 e. The van der Waals surface area contributed by atoms with E-state index in [9.17, 15) is 0 Å². The van der Waals surface area contributed by atoms with Gasteiger partial charge in [0.1, 0.15) is 5.69 Å². The van der Waals surface area contributed by atoms with Gasteiger partial charge in [-0.3, -0.25) is 0 Å². The van der Waals surface area contributed by atoms with Gasteiger partial charge in [0.05, 0.1) is 10.6 Å². The van der Waals surface area contributed by atoms with E-state index in [-0.39, 0.29) is 0 Å². The van der Waals surface area contributed by atoms with E-state index in [0.29, 0.717) is 23.2 Å². The second-order valence-electron chi connectivity index (χ2n) is 5.31. The minimum absolute atomic E-state index is 0.497. The first-order valence-corrected chi connectivity index (χ1v) is 9.40. The Kier molecular flexibility index (Phi) is 4.33. The summed E-state index contributed by atoms with van der Waals surface area (Å²) in [5, 5.41) is 15.3. The van der Waals surface area contributed by atoms with Crippen LogP contribution in [-0.4, -0.2) is 29.9 Å². The molecule has 126 valence electrons. The lowest BCUT2D eigenvalue weighted by molar-refractivity contribution is 0.391. The Morgan fingerprint density at radius 2 is 2.08 bits per heavy atom. The minimum atomic E-state index is 0.497. The maximum atomic E-state index is 5.32. The lowest BCUT2D eigenvalue weighted by Gasteiger charge is -2.00. The Bertz CT molecular complexity index is 992. The first kappa shape index (κ1) is 16.0. The van der Waals surface area contributed by atoms with Crippen molar-refractivity contribution >= 4 is 23.1 Å². The van der Waals surface area contributed by atoms with E-state index < -0.39 is 0 Å². The molecule has 4 heterocycles. The monoisotopic (exact) mass is 370 g/mol. The molecular formula is C16H14N6OS2. The molecule has 0 radical (unpaired) electrons. The van der Waals surface area contributed by atoms with Crippen LogP contribution in [0.5, 0.6) is 0 Å². The molecule has 0 aliphatic rings. The maximum absolute atomic E-state index is 5.32. The average molecular weight is 370 g/mol. The predicted molar refractivity (Wildman–Crippen MR) is 96.1 cm³/mol. The minimum Gasteiger partial charge on any atom is -0.338 e. The summed E-state index contributed by atoms with van der Waals surface area (Å²) in [6, 6.07) is 9.75. The van der Waals surface area contributed by atoms with Gasteiger partial charge in [0, 0.05) is 12.7 Å². The zero-order chi connectivity index (χ0) is 17.2. The van der Waals surface area contributed by atoms with Gasteiger partial charge in [0.15, 0.2) is 11.0 Å². The summed E-state index contributed by atoms with van der Waals surface area (Å²) in [4.78, 5) is 9.90. The Labute approximate surface area is 152 Å². The van der Waals surface area contributed by atoms with Crippen molar-refractivity contribution in [1.29, 1.82) is 0 Å². The largest absolute Gasteiger partial charge is 0.338 e. The van der Waals surface area contributed by atoms with Crippen molar-refractivity contribution in [3.05, 3.63) is 47.3 Å². The van der Waals surface area contributed by atoms with Crippen molar-refractivity contribution in [2.45, 2.75) is 17.8 Å². The molecule has 0 amide bonds. The average Bonchev–Trinajstić information content (AvgIpc) is 3.34. The number of hydrogen-bond donors (Lipinski definition) is 0. The van der Waals surface area contributed by atoms with Crippen LogP contribution in [0, 0.1) is 6.92 Å². The van der Waals surface area contributed by atoms with Gasteiger partial charge in [-0.05, 0) is 30.5 Å². The summed E-state index contributed by atoms with van der Waals surface area (Å²) in [5.41, 5.74) is 1.62. The van der Waals surface area contributed by atoms with E-state index in [1.54, 1.807) is 11.3 Å². The molecule has 4 rings (SSSR count). The van der Waals surface area contributed by atoms with Crippen molar-refractivity contribution in [3.63, 3.8) is 0 Å². The summed E-state index contributed by atoms with van der Waals surface area (Å²) >= 11 is 3.15. The number of nitrogens with zero attached hydrogens (tertiary/aromatic N) is 6. The summed E-state index contributed by atoms with van der Waals surface area (Å²) in [7, 11) is 1.95.